The Morgan fingerprint density at radius 3 is 2.36 bits per heavy atom. The van der Waals surface area contributed by atoms with Crippen LogP contribution in [0.4, 0.5) is 15.8 Å². The smallest absolute Gasteiger partial charge is 0.291 e. The topological polar surface area (TPSA) is 80.6 Å². The third kappa shape index (κ3) is 5.11. The number of anilines is 2. The second-order valence-electron chi connectivity index (χ2n) is 5.84. The van der Waals surface area contributed by atoms with Gasteiger partial charge in [0.05, 0.1) is 5.02 Å². The third-order valence-corrected chi connectivity index (χ3v) is 3.91. The third-order valence-electron chi connectivity index (χ3n) is 3.61. The van der Waals surface area contributed by atoms with Gasteiger partial charge in [0, 0.05) is 18.3 Å². The van der Waals surface area contributed by atoms with Crippen molar-refractivity contribution >= 4 is 34.8 Å². The number of hydrogen-bond acceptors (Lipinski definition) is 4. The summed E-state index contributed by atoms with van der Waals surface area (Å²) in [5.74, 6) is -0.243. The maximum absolute atomic E-state index is 13.0. The van der Waals surface area contributed by atoms with Crippen LogP contribution in [-0.2, 0) is 11.4 Å². The molecule has 28 heavy (non-hydrogen) atoms. The maximum Gasteiger partial charge on any atom is 0.291 e. The number of halogens is 2. The predicted molar refractivity (Wildman–Crippen MR) is 103 cm³/mol. The van der Waals surface area contributed by atoms with E-state index in [0.29, 0.717) is 22.9 Å². The van der Waals surface area contributed by atoms with Crippen LogP contribution in [0.15, 0.2) is 59.0 Å². The van der Waals surface area contributed by atoms with Gasteiger partial charge >= 0.3 is 0 Å². The molecule has 8 heteroatoms. The van der Waals surface area contributed by atoms with Gasteiger partial charge in [0.2, 0.25) is 5.91 Å². The van der Waals surface area contributed by atoms with Crippen molar-refractivity contribution in [2.75, 3.05) is 10.6 Å². The van der Waals surface area contributed by atoms with Crippen molar-refractivity contribution in [1.29, 1.82) is 0 Å². The minimum atomic E-state index is -0.459. The van der Waals surface area contributed by atoms with Crippen molar-refractivity contribution in [3.05, 3.63) is 77.0 Å². The molecule has 0 atom stereocenters. The van der Waals surface area contributed by atoms with Crippen molar-refractivity contribution in [1.82, 2.24) is 0 Å². The molecule has 0 aliphatic carbocycles. The fraction of sp³-hybridized carbons (Fsp3) is 0.100. The molecule has 0 fully saturated rings. The highest BCUT2D eigenvalue weighted by molar-refractivity contribution is 6.32. The normalized spacial score (nSPS) is 10.4. The Kier molecular flexibility index (Phi) is 5.96. The van der Waals surface area contributed by atoms with E-state index in [1.165, 1.54) is 25.1 Å². The van der Waals surface area contributed by atoms with E-state index in [1.54, 1.807) is 30.3 Å². The molecule has 2 amide bonds. The maximum atomic E-state index is 13.0. The highest BCUT2D eigenvalue weighted by Gasteiger charge is 2.13. The summed E-state index contributed by atoms with van der Waals surface area (Å²) in [6, 6.07) is 13.6. The number of hydrogen-bond donors (Lipinski definition) is 2. The van der Waals surface area contributed by atoms with Crippen LogP contribution in [0.25, 0.3) is 0 Å². The minimum absolute atomic E-state index is 0.0318. The molecular weight excluding hydrogens is 387 g/mol. The monoisotopic (exact) mass is 402 g/mol. The van der Waals surface area contributed by atoms with Crippen LogP contribution >= 0.6 is 11.6 Å². The molecule has 0 aliphatic heterocycles. The van der Waals surface area contributed by atoms with Gasteiger partial charge in [-0.1, -0.05) is 11.6 Å². The molecule has 0 aliphatic rings. The van der Waals surface area contributed by atoms with E-state index >= 15 is 0 Å². The van der Waals surface area contributed by atoms with Gasteiger partial charge < -0.3 is 19.8 Å². The molecule has 0 unspecified atom stereocenters. The molecule has 0 saturated carbocycles. The molecule has 0 spiro atoms. The Bertz CT molecular complexity index is 1000. The molecule has 1 aromatic heterocycles. The zero-order valence-electron chi connectivity index (χ0n) is 14.8. The summed E-state index contributed by atoms with van der Waals surface area (Å²) in [4.78, 5) is 23.3. The molecule has 3 aromatic rings. The number of carbonyl (C=O) groups excluding carboxylic acids is 2. The quantitative estimate of drug-likeness (QED) is 0.617. The zero-order valence-corrected chi connectivity index (χ0v) is 15.5. The number of nitrogens with one attached hydrogen (secondary N) is 2. The van der Waals surface area contributed by atoms with Crippen molar-refractivity contribution in [2.24, 2.45) is 0 Å². The lowest BCUT2D eigenvalue weighted by Crippen LogP contribution is -2.11. The van der Waals surface area contributed by atoms with Gasteiger partial charge in [-0.15, -0.1) is 0 Å². The van der Waals surface area contributed by atoms with Crippen LogP contribution in [0.3, 0.4) is 0 Å². The van der Waals surface area contributed by atoms with E-state index in [0.717, 1.165) is 6.07 Å². The molecule has 3 rings (SSSR count). The van der Waals surface area contributed by atoms with Gasteiger partial charge in [-0.3, -0.25) is 9.59 Å². The molecule has 0 saturated heterocycles. The molecule has 144 valence electrons. The number of ether oxygens (including phenoxy) is 1. The summed E-state index contributed by atoms with van der Waals surface area (Å²) in [7, 11) is 0. The fourth-order valence-electron chi connectivity index (χ4n) is 2.35. The predicted octanol–water partition coefficient (Wildman–Crippen LogP) is 4.86. The first-order valence-electron chi connectivity index (χ1n) is 8.26. The second-order valence-corrected chi connectivity index (χ2v) is 6.25. The first kappa shape index (κ1) is 19.4. The van der Waals surface area contributed by atoms with Crippen LogP contribution < -0.4 is 15.4 Å². The zero-order chi connectivity index (χ0) is 20.1. The lowest BCUT2D eigenvalue weighted by atomic mass is 10.2. The van der Waals surface area contributed by atoms with Gasteiger partial charge in [0.25, 0.3) is 5.91 Å². The van der Waals surface area contributed by atoms with E-state index in [-0.39, 0.29) is 23.3 Å². The summed E-state index contributed by atoms with van der Waals surface area (Å²) in [6.07, 6.45) is 0. The average molecular weight is 403 g/mol. The average Bonchev–Trinajstić information content (AvgIpc) is 3.11. The van der Waals surface area contributed by atoms with Crippen LogP contribution in [0.1, 0.15) is 23.2 Å². The summed E-state index contributed by atoms with van der Waals surface area (Å²) in [5.41, 5.74) is 1.17. The van der Waals surface area contributed by atoms with Crippen LogP contribution in [-0.4, -0.2) is 11.8 Å². The van der Waals surface area contributed by atoms with Crippen LogP contribution in [0.2, 0.25) is 5.02 Å². The lowest BCUT2D eigenvalue weighted by Gasteiger charge is -2.07. The van der Waals surface area contributed by atoms with Gasteiger partial charge in [0.15, 0.2) is 5.76 Å². The van der Waals surface area contributed by atoms with Gasteiger partial charge in [0.1, 0.15) is 23.9 Å². The Hall–Kier alpha value is -3.32. The number of furan rings is 1. The number of rotatable bonds is 6. The number of benzene rings is 2. The highest BCUT2D eigenvalue weighted by Crippen LogP contribution is 2.26. The Morgan fingerprint density at radius 2 is 1.71 bits per heavy atom. The molecule has 0 radical (unpaired) electrons. The minimum Gasteiger partial charge on any atom is -0.484 e. The Labute approximate surface area is 165 Å². The molecule has 0 bridgehead atoms. The van der Waals surface area contributed by atoms with E-state index in [4.69, 9.17) is 20.8 Å². The summed E-state index contributed by atoms with van der Waals surface area (Å²) in [6.45, 7) is 1.45. The standard InChI is InChI=1S/C20H16ClFN2O4/c1-12(25)23-14-3-5-15(6-4-14)24-20(26)19-9-7-16(28-19)11-27-18-8-2-13(22)10-17(18)21/h2-10H,11H2,1H3,(H,23,25)(H,24,26). The Morgan fingerprint density at radius 1 is 1.04 bits per heavy atom. The van der Waals surface area contributed by atoms with Crippen LogP contribution in [0, 0.1) is 5.82 Å². The molecular formula is C20H16ClFN2O4. The lowest BCUT2D eigenvalue weighted by molar-refractivity contribution is -0.114. The number of carbonyl (C=O) groups is 2. The van der Waals surface area contributed by atoms with E-state index in [1.807, 2.05) is 0 Å². The fourth-order valence-corrected chi connectivity index (χ4v) is 2.57. The van der Waals surface area contributed by atoms with E-state index < -0.39 is 11.7 Å². The van der Waals surface area contributed by atoms with Gasteiger partial charge in [-0.05, 0) is 54.6 Å². The van der Waals surface area contributed by atoms with Crippen LogP contribution in [0.5, 0.6) is 5.75 Å². The van der Waals surface area contributed by atoms with Gasteiger partial charge in [-0.25, -0.2) is 4.39 Å². The Balaban J connectivity index is 1.58. The SMILES string of the molecule is CC(=O)Nc1ccc(NC(=O)c2ccc(COc3ccc(F)cc3Cl)o2)cc1. The van der Waals surface area contributed by atoms with Crippen molar-refractivity contribution < 1.29 is 23.1 Å². The molecule has 2 aromatic carbocycles. The molecule has 6 nitrogen and oxygen atoms in total. The largest absolute Gasteiger partial charge is 0.484 e. The van der Waals surface area contributed by atoms with E-state index in [2.05, 4.69) is 10.6 Å². The summed E-state index contributed by atoms with van der Waals surface area (Å²) in [5, 5.41) is 5.48. The summed E-state index contributed by atoms with van der Waals surface area (Å²) >= 11 is 5.90. The molecule has 1 heterocycles. The molecule has 2 N–H and O–H groups in total. The number of amides is 2. The van der Waals surface area contributed by atoms with Crippen molar-refractivity contribution in [2.45, 2.75) is 13.5 Å². The summed E-state index contributed by atoms with van der Waals surface area (Å²) < 4.78 is 24.0. The van der Waals surface area contributed by atoms with Crippen molar-refractivity contribution in [3.63, 3.8) is 0 Å². The first-order valence-corrected chi connectivity index (χ1v) is 8.64. The van der Waals surface area contributed by atoms with E-state index in [9.17, 15) is 14.0 Å². The highest BCUT2D eigenvalue weighted by atomic mass is 35.5. The first-order chi connectivity index (χ1) is 13.4. The second kappa shape index (κ2) is 8.58. The van der Waals surface area contributed by atoms with Crippen molar-refractivity contribution in [3.8, 4) is 5.75 Å². The van der Waals surface area contributed by atoms with Gasteiger partial charge in [-0.2, -0.15) is 0 Å².